The molecule has 8 nitrogen and oxygen atoms in total. The number of carbonyl (C=O) groups excluding carboxylic acids is 2. The molecule has 2 amide bonds. The second-order valence-electron chi connectivity index (χ2n) is 6.04. The standard InChI is InChI=1S/C17H18N4O4/c1-20-14-12(16(24)21(2)17(20)25)8-10(15(23)19-14)9-13(22)18-11-6-4-3-5-7-11/h3-7,10H,8-9H2,1-2H3,(H,18,22)(H,19,23). The average Bonchev–Trinajstić information content (AvgIpc) is 2.60. The van der Waals surface area contributed by atoms with Gasteiger partial charge < -0.3 is 10.6 Å². The lowest BCUT2D eigenvalue weighted by Crippen LogP contribution is -2.45. The molecule has 0 spiro atoms. The molecule has 8 heteroatoms. The zero-order chi connectivity index (χ0) is 18.1. The zero-order valence-corrected chi connectivity index (χ0v) is 13.9. The number of aromatic nitrogens is 2. The molecule has 0 aliphatic carbocycles. The monoisotopic (exact) mass is 342 g/mol. The van der Waals surface area contributed by atoms with Crippen LogP contribution in [-0.4, -0.2) is 20.9 Å². The number of hydrogen-bond donors (Lipinski definition) is 2. The minimum atomic E-state index is -0.665. The van der Waals surface area contributed by atoms with Gasteiger partial charge in [-0.3, -0.25) is 23.5 Å². The molecule has 1 unspecified atom stereocenters. The van der Waals surface area contributed by atoms with Gasteiger partial charge in [-0.25, -0.2) is 4.79 Å². The van der Waals surface area contributed by atoms with Crippen LogP contribution in [0.1, 0.15) is 12.0 Å². The van der Waals surface area contributed by atoms with Crippen molar-refractivity contribution in [3.63, 3.8) is 0 Å². The van der Waals surface area contributed by atoms with Gasteiger partial charge >= 0.3 is 5.69 Å². The van der Waals surface area contributed by atoms with E-state index in [0.29, 0.717) is 11.3 Å². The summed E-state index contributed by atoms with van der Waals surface area (Å²) in [4.78, 5) is 48.7. The molecule has 2 N–H and O–H groups in total. The average molecular weight is 342 g/mol. The van der Waals surface area contributed by atoms with E-state index in [4.69, 9.17) is 0 Å². The number of amides is 2. The molecule has 1 atom stereocenters. The van der Waals surface area contributed by atoms with Crippen LogP contribution in [0.25, 0.3) is 0 Å². The molecule has 0 saturated carbocycles. The first kappa shape index (κ1) is 16.7. The Kier molecular flexibility index (Phi) is 4.26. The number of benzene rings is 1. The maximum absolute atomic E-state index is 12.3. The lowest BCUT2D eigenvalue weighted by molar-refractivity contribution is -0.125. The predicted molar refractivity (Wildman–Crippen MR) is 92.4 cm³/mol. The number of fused-ring (bicyclic) bond motifs is 1. The number of carbonyl (C=O) groups is 2. The lowest BCUT2D eigenvalue weighted by Gasteiger charge is -2.25. The molecule has 1 aliphatic rings. The van der Waals surface area contributed by atoms with Crippen molar-refractivity contribution in [1.82, 2.24) is 9.13 Å². The Morgan fingerprint density at radius 1 is 1.16 bits per heavy atom. The Morgan fingerprint density at radius 3 is 2.52 bits per heavy atom. The van der Waals surface area contributed by atoms with Crippen molar-refractivity contribution >= 4 is 23.3 Å². The van der Waals surface area contributed by atoms with Crippen molar-refractivity contribution in [3.8, 4) is 0 Å². The van der Waals surface area contributed by atoms with Crippen LogP contribution in [0.5, 0.6) is 0 Å². The van der Waals surface area contributed by atoms with Crippen LogP contribution in [0.3, 0.4) is 0 Å². The quantitative estimate of drug-likeness (QED) is 0.833. The normalized spacial score (nSPS) is 16.1. The number of anilines is 2. The van der Waals surface area contributed by atoms with Gasteiger partial charge in [0.1, 0.15) is 5.82 Å². The number of hydrogen-bond acceptors (Lipinski definition) is 4. The highest BCUT2D eigenvalue weighted by molar-refractivity contribution is 5.99. The maximum Gasteiger partial charge on any atom is 0.332 e. The van der Waals surface area contributed by atoms with E-state index in [2.05, 4.69) is 10.6 Å². The molecule has 2 heterocycles. The fourth-order valence-corrected chi connectivity index (χ4v) is 2.94. The molecule has 1 aromatic carbocycles. The summed E-state index contributed by atoms with van der Waals surface area (Å²) < 4.78 is 2.23. The maximum atomic E-state index is 12.3. The first-order valence-corrected chi connectivity index (χ1v) is 7.83. The van der Waals surface area contributed by atoms with Crippen molar-refractivity contribution < 1.29 is 9.59 Å². The zero-order valence-electron chi connectivity index (χ0n) is 13.9. The number of para-hydroxylation sites is 1. The smallest absolute Gasteiger partial charge is 0.326 e. The molecule has 130 valence electrons. The van der Waals surface area contributed by atoms with Gasteiger partial charge in [0.2, 0.25) is 11.8 Å². The number of rotatable bonds is 3. The largest absolute Gasteiger partial charge is 0.332 e. The molecule has 25 heavy (non-hydrogen) atoms. The lowest BCUT2D eigenvalue weighted by atomic mass is 9.92. The minimum Gasteiger partial charge on any atom is -0.326 e. The highest BCUT2D eigenvalue weighted by Crippen LogP contribution is 2.23. The highest BCUT2D eigenvalue weighted by atomic mass is 16.2. The van der Waals surface area contributed by atoms with Gasteiger partial charge in [-0.1, -0.05) is 18.2 Å². The van der Waals surface area contributed by atoms with Gasteiger partial charge in [-0.2, -0.15) is 0 Å². The van der Waals surface area contributed by atoms with Gasteiger partial charge in [0.15, 0.2) is 0 Å². The van der Waals surface area contributed by atoms with Gasteiger partial charge in [0, 0.05) is 26.2 Å². The second-order valence-corrected chi connectivity index (χ2v) is 6.04. The van der Waals surface area contributed by atoms with Crippen molar-refractivity contribution in [2.75, 3.05) is 10.6 Å². The third kappa shape index (κ3) is 3.10. The van der Waals surface area contributed by atoms with Gasteiger partial charge in [0.05, 0.1) is 11.5 Å². The third-order valence-corrected chi connectivity index (χ3v) is 4.31. The van der Waals surface area contributed by atoms with Crippen LogP contribution >= 0.6 is 0 Å². The summed E-state index contributed by atoms with van der Waals surface area (Å²) in [6.45, 7) is 0. The van der Waals surface area contributed by atoms with Crippen LogP contribution in [0.4, 0.5) is 11.5 Å². The Labute approximate surface area is 143 Å². The van der Waals surface area contributed by atoms with Gasteiger partial charge in [-0.15, -0.1) is 0 Å². The Bertz CT molecular complexity index is 959. The SMILES string of the molecule is Cn1c2c(c(=O)n(C)c1=O)CC(CC(=O)Nc1ccccc1)C(=O)N2. The summed E-state index contributed by atoms with van der Waals surface area (Å²) in [7, 11) is 2.88. The molecule has 0 fully saturated rings. The van der Waals surface area contributed by atoms with Crippen molar-refractivity contribution in [3.05, 3.63) is 56.7 Å². The fraction of sp³-hybridized carbons (Fsp3) is 0.294. The molecule has 0 radical (unpaired) electrons. The summed E-state index contributed by atoms with van der Waals surface area (Å²) in [6.07, 6.45) is 0.0658. The third-order valence-electron chi connectivity index (χ3n) is 4.31. The van der Waals surface area contributed by atoms with Crippen LogP contribution in [-0.2, 0) is 30.1 Å². The first-order valence-electron chi connectivity index (χ1n) is 7.83. The van der Waals surface area contributed by atoms with Gasteiger partial charge in [0.25, 0.3) is 5.56 Å². The Hall–Kier alpha value is -3.16. The van der Waals surface area contributed by atoms with Crippen LogP contribution < -0.4 is 21.9 Å². The summed E-state index contributed by atoms with van der Waals surface area (Å²) in [5.74, 6) is -1.14. The molecule has 2 aromatic rings. The molecule has 1 aromatic heterocycles. The van der Waals surface area contributed by atoms with E-state index in [9.17, 15) is 19.2 Å². The Morgan fingerprint density at radius 2 is 1.84 bits per heavy atom. The van der Waals surface area contributed by atoms with E-state index in [1.54, 1.807) is 24.3 Å². The molecule has 3 rings (SSSR count). The van der Waals surface area contributed by atoms with Gasteiger partial charge in [-0.05, 0) is 18.6 Å². The summed E-state index contributed by atoms with van der Waals surface area (Å²) in [5.41, 5.74) is 0.0139. The highest BCUT2D eigenvalue weighted by Gasteiger charge is 2.32. The van der Waals surface area contributed by atoms with E-state index in [-0.39, 0.29) is 30.5 Å². The number of nitrogens with zero attached hydrogens (tertiary/aromatic N) is 2. The number of nitrogens with one attached hydrogen (secondary N) is 2. The summed E-state index contributed by atoms with van der Waals surface area (Å²) in [6, 6.07) is 8.92. The summed E-state index contributed by atoms with van der Waals surface area (Å²) in [5, 5.41) is 5.31. The Balaban J connectivity index is 1.82. The van der Waals surface area contributed by atoms with E-state index >= 15 is 0 Å². The van der Waals surface area contributed by atoms with E-state index in [0.717, 1.165) is 4.57 Å². The van der Waals surface area contributed by atoms with Crippen molar-refractivity contribution in [2.45, 2.75) is 12.8 Å². The molecular formula is C17H18N4O4. The first-order chi connectivity index (χ1) is 11.9. The van der Waals surface area contributed by atoms with Crippen LogP contribution in [0.2, 0.25) is 0 Å². The fourth-order valence-electron chi connectivity index (χ4n) is 2.94. The van der Waals surface area contributed by atoms with Crippen LogP contribution in [0.15, 0.2) is 39.9 Å². The van der Waals surface area contributed by atoms with E-state index < -0.39 is 17.2 Å². The van der Waals surface area contributed by atoms with Crippen molar-refractivity contribution in [2.24, 2.45) is 20.0 Å². The molecule has 0 saturated heterocycles. The second kappa shape index (κ2) is 6.39. The molecule has 0 bridgehead atoms. The van der Waals surface area contributed by atoms with Crippen LogP contribution in [0, 0.1) is 5.92 Å². The van der Waals surface area contributed by atoms with E-state index in [1.165, 1.54) is 18.7 Å². The summed E-state index contributed by atoms with van der Waals surface area (Å²) >= 11 is 0. The topological polar surface area (TPSA) is 102 Å². The minimum absolute atomic E-state index is 0.0494. The molecular weight excluding hydrogens is 324 g/mol. The predicted octanol–water partition coefficient (Wildman–Crippen LogP) is 0.224. The van der Waals surface area contributed by atoms with E-state index in [1.807, 2.05) is 6.07 Å². The van der Waals surface area contributed by atoms with Crippen molar-refractivity contribution in [1.29, 1.82) is 0 Å². The molecule has 1 aliphatic heterocycles.